The summed E-state index contributed by atoms with van der Waals surface area (Å²) < 4.78 is 26.2. The first-order valence-electron chi connectivity index (χ1n) is 6.87. The molecule has 0 aliphatic rings. The lowest BCUT2D eigenvalue weighted by atomic mass is 10.2. The summed E-state index contributed by atoms with van der Waals surface area (Å²) in [5, 5.41) is 2.77. The molecule has 0 fully saturated rings. The molecule has 1 amide bonds. The van der Waals surface area contributed by atoms with Crippen molar-refractivity contribution in [1.29, 1.82) is 0 Å². The first kappa shape index (κ1) is 16.7. The third kappa shape index (κ3) is 6.16. The van der Waals surface area contributed by atoms with E-state index in [1.807, 2.05) is 0 Å². The quantitative estimate of drug-likeness (QED) is 0.681. The number of carbonyl (C=O) groups excluding carboxylic acids is 1. The van der Waals surface area contributed by atoms with E-state index in [0.29, 0.717) is 6.54 Å². The molecule has 0 atom stereocenters. The second-order valence-corrected chi connectivity index (χ2v) is 6.28. The Morgan fingerprint density at radius 3 is 2.45 bits per heavy atom. The van der Waals surface area contributed by atoms with Gasteiger partial charge in [0.25, 0.3) is 0 Å². The molecule has 2 N–H and O–H groups in total. The maximum absolute atomic E-state index is 11.9. The Morgan fingerprint density at radius 2 is 1.80 bits per heavy atom. The van der Waals surface area contributed by atoms with Gasteiger partial charge in [-0.15, -0.1) is 0 Å². The van der Waals surface area contributed by atoms with Crippen molar-refractivity contribution in [3.63, 3.8) is 0 Å². The topological polar surface area (TPSA) is 75.3 Å². The van der Waals surface area contributed by atoms with Crippen molar-refractivity contribution in [1.82, 2.24) is 10.0 Å². The fourth-order valence-corrected chi connectivity index (χ4v) is 2.73. The molecule has 0 radical (unpaired) electrons. The second kappa shape index (κ2) is 8.71. The summed E-state index contributed by atoms with van der Waals surface area (Å²) in [6.07, 6.45) is 3.30. The van der Waals surface area contributed by atoms with E-state index in [-0.39, 0.29) is 23.8 Å². The van der Waals surface area contributed by atoms with Crippen LogP contribution in [0.5, 0.6) is 0 Å². The Bertz CT molecular complexity index is 500. The molecule has 20 heavy (non-hydrogen) atoms. The van der Waals surface area contributed by atoms with Crippen molar-refractivity contribution in [2.75, 3.05) is 13.1 Å². The molecule has 0 aromatic heterocycles. The normalized spacial score (nSPS) is 11.2. The highest BCUT2D eigenvalue weighted by atomic mass is 32.2. The third-order valence-corrected chi connectivity index (χ3v) is 4.28. The summed E-state index contributed by atoms with van der Waals surface area (Å²) in [4.78, 5) is 11.7. The van der Waals surface area contributed by atoms with Crippen LogP contribution in [0.2, 0.25) is 0 Å². The van der Waals surface area contributed by atoms with Gasteiger partial charge in [-0.2, -0.15) is 0 Å². The average molecular weight is 298 g/mol. The van der Waals surface area contributed by atoms with Gasteiger partial charge in [0.2, 0.25) is 15.9 Å². The van der Waals surface area contributed by atoms with Gasteiger partial charge in [-0.05, 0) is 18.6 Å². The number of hydrogen-bond donors (Lipinski definition) is 2. The molecule has 112 valence electrons. The molecule has 0 aliphatic carbocycles. The Balaban J connectivity index is 2.28. The van der Waals surface area contributed by atoms with Crippen LogP contribution in [-0.4, -0.2) is 27.4 Å². The lowest BCUT2D eigenvalue weighted by Gasteiger charge is -2.07. The van der Waals surface area contributed by atoms with E-state index >= 15 is 0 Å². The van der Waals surface area contributed by atoms with Crippen LogP contribution >= 0.6 is 0 Å². The number of sulfonamides is 1. The van der Waals surface area contributed by atoms with Crippen LogP contribution < -0.4 is 10.0 Å². The van der Waals surface area contributed by atoms with Crippen LogP contribution in [0, 0.1) is 0 Å². The molecule has 0 spiro atoms. The fraction of sp³-hybridized carbons (Fsp3) is 0.500. The van der Waals surface area contributed by atoms with E-state index in [0.717, 1.165) is 19.3 Å². The predicted molar refractivity (Wildman–Crippen MR) is 78.8 cm³/mol. The Hall–Kier alpha value is -1.40. The van der Waals surface area contributed by atoms with E-state index < -0.39 is 10.0 Å². The summed E-state index contributed by atoms with van der Waals surface area (Å²) in [7, 11) is -3.52. The van der Waals surface area contributed by atoms with E-state index in [1.54, 1.807) is 18.2 Å². The zero-order valence-electron chi connectivity index (χ0n) is 11.8. The summed E-state index contributed by atoms with van der Waals surface area (Å²) in [6.45, 7) is 2.86. The van der Waals surface area contributed by atoms with Crippen molar-refractivity contribution >= 4 is 15.9 Å². The van der Waals surface area contributed by atoms with E-state index in [4.69, 9.17) is 0 Å². The van der Waals surface area contributed by atoms with E-state index in [1.165, 1.54) is 12.1 Å². The number of hydrogen-bond acceptors (Lipinski definition) is 3. The van der Waals surface area contributed by atoms with Crippen molar-refractivity contribution in [2.45, 2.75) is 37.5 Å². The van der Waals surface area contributed by atoms with Gasteiger partial charge in [-0.1, -0.05) is 38.0 Å². The number of rotatable bonds is 9. The molecule has 1 rings (SSSR count). The monoisotopic (exact) mass is 298 g/mol. The van der Waals surface area contributed by atoms with Gasteiger partial charge in [0.1, 0.15) is 0 Å². The highest BCUT2D eigenvalue weighted by Gasteiger charge is 2.13. The molecule has 6 heteroatoms. The maximum Gasteiger partial charge on any atom is 0.240 e. The first-order valence-corrected chi connectivity index (χ1v) is 8.36. The predicted octanol–water partition coefficient (Wildman–Crippen LogP) is 1.66. The van der Waals surface area contributed by atoms with Crippen LogP contribution in [0.1, 0.15) is 32.6 Å². The smallest absolute Gasteiger partial charge is 0.240 e. The summed E-state index contributed by atoms with van der Waals surface area (Å²) in [5.74, 6) is -0.128. The molecular formula is C14H22N2O3S. The van der Waals surface area contributed by atoms with Gasteiger partial charge in [-0.25, -0.2) is 13.1 Å². The minimum atomic E-state index is -3.52. The Morgan fingerprint density at radius 1 is 1.10 bits per heavy atom. The van der Waals surface area contributed by atoms with E-state index in [9.17, 15) is 13.2 Å². The summed E-state index contributed by atoms with van der Waals surface area (Å²) in [5.41, 5.74) is 0. The lowest BCUT2D eigenvalue weighted by Crippen LogP contribution is -2.31. The first-order chi connectivity index (χ1) is 9.56. The molecule has 1 aromatic carbocycles. The minimum absolute atomic E-state index is 0.108. The summed E-state index contributed by atoms with van der Waals surface area (Å²) >= 11 is 0. The SMILES string of the molecule is CCCCCNC(=O)CCNS(=O)(=O)c1ccccc1. The maximum atomic E-state index is 11.9. The summed E-state index contributed by atoms with van der Waals surface area (Å²) in [6, 6.07) is 8.12. The molecule has 0 saturated heterocycles. The fourth-order valence-electron chi connectivity index (χ4n) is 1.67. The zero-order chi connectivity index (χ0) is 14.8. The van der Waals surface area contributed by atoms with Gasteiger partial charge in [0.05, 0.1) is 4.90 Å². The third-order valence-electron chi connectivity index (χ3n) is 2.80. The van der Waals surface area contributed by atoms with Gasteiger partial charge >= 0.3 is 0 Å². The second-order valence-electron chi connectivity index (χ2n) is 4.52. The largest absolute Gasteiger partial charge is 0.356 e. The number of carbonyl (C=O) groups is 1. The van der Waals surface area contributed by atoms with Crippen molar-refractivity contribution in [2.24, 2.45) is 0 Å². The number of amides is 1. The Labute approximate surface area is 120 Å². The molecule has 5 nitrogen and oxygen atoms in total. The molecule has 0 unspecified atom stereocenters. The van der Waals surface area contributed by atoms with Crippen LogP contribution in [0.4, 0.5) is 0 Å². The zero-order valence-corrected chi connectivity index (χ0v) is 12.6. The molecule has 0 heterocycles. The van der Waals surface area contributed by atoms with Crippen molar-refractivity contribution in [3.8, 4) is 0 Å². The Kier molecular flexibility index (Phi) is 7.25. The highest BCUT2D eigenvalue weighted by molar-refractivity contribution is 7.89. The standard InChI is InChI=1S/C14H22N2O3S/c1-2-3-7-11-15-14(17)10-12-16-20(18,19)13-8-5-4-6-9-13/h4-6,8-9,16H,2-3,7,10-12H2,1H3,(H,15,17). The van der Waals surface area contributed by atoms with E-state index in [2.05, 4.69) is 17.0 Å². The number of benzene rings is 1. The van der Waals surface area contributed by atoms with Crippen molar-refractivity contribution in [3.05, 3.63) is 30.3 Å². The average Bonchev–Trinajstić information content (AvgIpc) is 2.44. The molecule has 0 saturated carbocycles. The molecule has 0 bridgehead atoms. The highest BCUT2D eigenvalue weighted by Crippen LogP contribution is 2.06. The number of nitrogens with one attached hydrogen (secondary N) is 2. The van der Waals surface area contributed by atoms with Crippen LogP contribution in [0.15, 0.2) is 35.2 Å². The van der Waals surface area contributed by atoms with Gasteiger partial charge in [0.15, 0.2) is 0 Å². The lowest BCUT2D eigenvalue weighted by molar-refractivity contribution is -0.120. The van der Waals surface area contributed by atoms with Gasteiger partial charge in [0, 0.05) is 19.5 Å². The number of unbranched alkanes of at least 4 members (excludes halogenated alkanes) is 2. The van der Waals surface area contributed by atoms with Gasteiger partial charge < -0.3 is 5.32 Å². The van der Waals surface area contributed by atoms with Gasteiger partial charge in [-0.3, -0.25) is 4.79 Å². The molecule has 1 aromatic rings. The molecule has 0 aliphatic heterocycles. The van der Waals surface area contributed by atoms with Crippen LogP contribution in [0.25, 0.3) is 0 Å². The van der Waals surface area contributed by atoms with Crippen LogP contribution in [-0.2, 0) is 14.8 Å². The molecular weight excluding hydrogens is 276 g/mol. The van der Waals surface area contributed by atoms with Crippen molar-refractivity contribution < 1.29 is 13.2 Å². The minimum Gasteiger partial charge on any atom is -0.356 e. The van der Waals surface area contributed by atoms with Crippen LogP contribution in [0.3, 0.4) is 0 Å².